The van der Waals surface area contributed by atoms with Crippen LogP contribution in [0.25, 0.3) is 0 Å². The Hall–Kier alpha value is -1.89. The predicted molar refractivity (Wildman–Crippen MR) is 130 cm³/mol. The number of nitrogens with one attached hydrogen (secondary N) is 2. The highest BCUT2D eigenvalue weighted by atomic mass is 79.9. The first-order valence-electron chi connectivity index (χ1n) is 11.7. The lowest BCUT2D eigenvalue weighted by atomic mass is 9.79. The van der Waals surface area contributed by atoms with Crippen molar-refractivity contribution in [3.05, 3.63) is 33.5 Å². The Morgan fingerprint density at radius 2 is 1.78 bits per heavy atom. The van der Waals surface area contributed by atoms with E-state index in [1.807, 2.05) is 27.0 Å². The molecule has 1 heterocycles. The maximum absolute atomic E-state index is 13.1. The molecule has 1 aliphatic heterocycles. The second-order valence-corrected chi connectivity index (χ2v) is 11.6. The Kier molecular flexibility index (Phi) is 6.40. The molecular weight excluding hydrogens is 470 g/mol. The maximum atomic E-state index is 13.1. The Labute approximate surface area is 199 Å². The molecule has 0 aromatic rings. The fraction of sp³-hybridized carbons (Fsp3) is 0.640. The van der Waals surface area contributed by atoms with Crippen molar-refractivity contribution in [3.63, 3.8) is 0 Å². The third-order valence-corrected chi connectivity index (χ3v) is 7.14. The van der Waals surface area contributed by atoms with Crippen LogP contribution in [0.2, 0.25) is 0 Å². The van der Waals surface area contributed by atoms with Gasteiger partial charge < -0.3 is 15.4 Å². The van der Waals surface area contributed by atoms with Gasteiger partial charge in [-0.15, -0.1) is 0 Å². The number of hydrogen-bond acceptors (Lipinski definition) is 5. The van der Waals surface area contributed by atoms with Crippen LogP contribution < -0.4 is 10.6 Å². The molecule has 6 nitrogen and oxygen atoms in total. The minimum absolute atomic E-state index is 0.119. The van der Waals surface area contributed by atoms with Crippen LogP contribution in [-0.4, -0.2) is 41.3 Å². The Morgan fingerprint density at radius 3 is 2.41 bits per heavy atom. The number of ketones is 1. The summed E-state index contributed by atoms with van der Waals surface area (Å²) in [5.74, 6) is 0.361. The first-order valence-corrected chi connectivity index (χ1v) is 12.5. The first-order chi connectivity index (χ1) is 15.0. The van der Waals surface area contributed by atoms with Crippen LogP contribution in [0.5, 0.6) is 0 Å². The van der Waals surface area contributed by atoms with Crippen LogP contribution in [0, 0.1) is 5.92 Å². The zero-order chi connectivity index (χ0) is 23.1. The van der Waals surface area contributed by atoms with E-state index in [0.29, 0.717) is 0 Å². The summed E-state index contributed by atoms with van der Waals surface area (Å²) in [5.41, 5.74) is 1.93. The third-order valence-electron chi connectivity index (χ3n) is 6.58. The molecule has 174 valence electrons. The summed E-state index contributed by atoms with van der Waals surface area (Å²) in [5, 5.41) is 6.74. The van der Waals surface area contributed by atoms with Crippen LogP contribution in [0.1, 0.15) is 72.6 Å². The van der Waals surface area contributed by atoms with E-state index in [9.17, 15) is 9.59 Å². The molecule has 0 radical (unpaired) electrons. The summed E-state index contributed by atoms with van der Waals surface area (Å²) in [7, 11) is 0. The van der Waals surface area contributed by atoms with E-state index < -0.39 is 5.60 Å². The second kappa shape index (κ2) is 8.81. The average molecular weight is 504 g/mol. The third kappa shape index (κ3) is 5.36. The largest absolute Gasteiger partial charge is 0.444 e. The quantitative estimate of drug-likeness (QED) is 0.546. The van der Waals surface area contributed by atoms with E-state index in [1.165, 1.54) is 0 Å². The van der Waals surface area contributed by atoms with Gasteiger partial charge in [0.05, 0.1) is 16.8 Å². The van der Waals surface area contributed by atoms with Crippen molar-refractivity contribution < 1.29 is 14.3 Å². The normalized spacial score (nSPS) is 30.2. The molecule has 1 amide bonds. The van der Waals surface area contributed by atoms with E-state index in [1.54, 1.807) is 0 Å². The number of nitrogens with zero attached hydrogens (tertiary/aromatic N) is 1. The number of carbonyl (C=O) groups is 2. The molecule has 4 aliphatic rings. The lowest BCUT2D eigenvalue weighted by molar-refractivity contribution is -0.116. The Morgan fingerprint density at radius 1 is 1.12 bits per heavy atom. The van der Waals surface area contributed by atoms with Crippen molar-refractivity contribution in [1.82, 2.24) is 10.6 Å². The molecule has 0 aromatic heterocycles. The molecule has 2 fully saturated rings. The van der Waals surface area contributed by atoms with Crippen LogP contribution in [0.3, 0.4) is 0 Å². The number of hydrogen-bond donors (Lipinski definition) is 2. The van der Waals surface area contributed by atoms with Crippen molar-refractivity contribution in [2.45, 2.75) is 95.9 Å². The highest BCUT2D eigenvalue weighted by molar-refractivity contribution is 9.11. The molecule has 2 saturated carbocycles. The Balaban J connectivity index is 1.46. The molecule has 3 aliphatic carbocycles. The zero-order valence-corrected chi connectivity index (χ0v) is 21.0. The Bertz CT molecular complexity index is 915. The maximum Gasteiger partial charge on any atom is 0.407 e. The van der Waals surface area contributed by atoms with Gasteiger partial charge in [0.15, 0.2) is 5.78 Å². The minimum atomic E-state index is -0.495. The number of fused-ring (bicyclic) bond motifs is 1. The highest BCUT2D eigenvalue weighted by Crippen LogP contribution is 2.42. The fourth-order valence-electron chi connectivity index (χ4n) is 4.61. The number of rotatable bonds is 5. The predicted octanol–water partition coefficient (Wildman–Crippen LogP) is 5.10. The minimum Gasteiger partial charge on any atom is -0.444 e. The number of alkyl carbamates (subject to hydrolysis) is 1. The molecule has 4 rings (SSSR count). The molecule has 0 bridgehead atoms. The van der Waals surface area contributed by atoms with Crippen LogP contribution >= 0.6 is 15.9 Å². The number of aliphatic imine (C=N–C) groups is 1. The van der Waals surface area contributed by atoms with Gasteiger partial charge in [-0.3, -0.25) is 9.79 Å². The van der Waals surface area contributed by atoms with Gasteiger partial charge in [0.25, 0.3) is 0 Å². The molecule has 0 aromatic carbocycles. The number of amides is 1. The van der Waals surface area contributed by atoms with Crippen LogP contribution in [-0.2, 0) is 9.53 Å². The number of halogens is 1. The summed E-state index contributed by atoms with van der Waals surface area (Å²) >= 11 is 3.62. The lowest BCUT2D eigenvalue weighted by Gasteiger charge is -2.38. The number of carbonyl (C=O) groups excluding carboxylic acids is 2. The highest BCUT2D eigenvalue weighted by Gasteiger charge is 2.41. The molecule has 32 heavy (non-hydrogen) atoms. The number of dihydropyridines is 1. The SMILES string of the molecule is CC(C)(C)OC(=O)NC1CCC(NC2=C(C(=O)C3CC3)C=NC3(C)CC=C(Br)C=C23)CC1. The topological polar surface area (TPSA) is 79.8 Å². The molecule has 1 unspecified atom stereocenters. The van der Waals surface area contributed by atoms with Crippen LogP contribution in [0.4, 0.5) is 4.79 Å². The molecule has 1 atom stereocenters. The van der Waals surface area contributed by atoms with Gasteiger partial charge in [-0.1, -0.05) is 22.0 Å². The number of Topliss-reactive ketones (excluding diaryl/α,β-unsaturated/α-hetero) is 1. The summed E-state index contributed by atoms with van der Waals surface area (Å²) < 4.78 is 6.43. The van der Waals surface area contributed by atoms with Crippen molar-refractivity contribution in [2.75, 3.05) is 0 Å². The standard InChI is InChI=1S/C25H34BrN3O3/c1-24(2,3)32-23(31)29-18-9-7-17(8-10-18)28-21-19(22(30)15-5-6-15)14-27-25(4)12-11-16(26)13-20(21)25/h11,13-15,17-18,28H,5-10,12H2,1-4H3,(H,29,31). The van der Waals surface area contributed by atoms with E-state index in [4.69, 9.17) is 9.73 Å². The van der Waals surface area contributed by atoms with Gasteiger partial charge in [-0.2, -0.15) is 0 Å². The van der Waals surface area contributed by atoms with Gasteiger partial charge in [0, 0.05) is 34.3 Å². The van der Waals surface area contributed by atoms with E-state index >= 15 is 0 Å². The van der Waals surface area contributed by atoms with Crippen molar-refractivity contribution in [3.8, 4) is 0 Å². The summed E-state index contributed by atoms with van der Waals surface area (Å²) in [4.78, 5) is 30.0. The lowest BCUT2D eigenvalue weighted by Crippen LogP contribution is -2.45. The van der Waals surface area contributed by atoms with E-state index in [-0.39, 0.29) is 35.4 Å². The smallest absolute Gasteiger partial charge is 0.407 e. The first kappa shape index (κ1) is 23.3. The number of ether oxygens (including phenoxy) is 1. The van der Waals surface area contributed by atoms with E-state index in [2.05, 4.69) is 45.6 Å². The van der Waals surface area contributed by atoms with Gasteiger partial charge >= 0.3 is 6.09 Å². The number of allylic oxidation sites excluding steroid dienone is 3. The molecule has 0 saturated heterocycles. The van der Waals surface area contributed by atoms with Gasteiger partial charge in [0.1, 0.15) is 5.60 Å². The summed E-state index contributed by atoms with van der Waals surface area (Å²) in [6, 6.07) is 0.374. The molecule has 2 N–H and O–H groups in total. The van der Waals surface area contributed by atoms with Crippen LogP contribution in [0.15, 0.2) is 38.5 Å². The van der Waals surface area contributed by atoms with Gasteiger partial charge in [-0.05, 0) is 78.7 Å². The molecule has 7 heteroatoms. The molecular formula is C25H34BrN3O3. The monoisotopic (exact) mass is 503 g/mol. The zero-order valence-electron chi connectivity index (χ0n) is 19.5. The second-order valence-electron chi connectivity index (χ2n) is 10.6. The van der Waals surface area contributed by atoms with Gasteiger partial charge in [0.2, 0.25) is 0 Å². The van der Waals surface area contributed by atoms with Crippen molar-refractivity contribution in [1.29, 1.82) is 0 Å². The fourth-order valence-corrected chi connectivity index (χ4v) is 5.00. The van der Waals surface area contributed by atoms with Crippen molar-refractivity contribution >= 4 is 34.0 Å². The van der Waals surface area contributed by atoms with Crippen molar-refractivity contribution in [2.24, 2.45) is 10.9 Å². The molecule has 0 spiro atoms. The summed E-state index contributed by atoms with van der Waals surface area (Å²) in [6.07, 6.45) is 12.1. The summed E-state index contributed by atoms with van der Waals surface area (Å²) in [6.45, 7) is 7.75. The van der Waals surface area contributed by atoms with E-state index in [0.717, 1.165) is 66.3 Å². The average Bonchev–Trinajstić information content (AvgIpc) is 3.54. The van der Waals surface area contributed by atoms with Gasteiger partial charge in [-0.25, -0.2) is 4.79 Å².